The van der Waals surface area contributed by atoms with Gasteiger partial charge in [0.05, 0.1) is 6.10 Å². The molecule has 0 spiro atoms. The number of hydrogen-bond donors (Lipinski definition) is 1. The van der Waals surface area contributed by atoms with Crippen LogP contribution in [0.5, 0.6) is 0 Å². The maximum absolute atomic E-state index is 11.8. The molecule has 4 aliphatic rings. The van der Waals surface area contributed by atoms with Crippen molar-refractivity contribution in [1.29, 1.82) is 0 Å². The van der Waals surface area contributed by atoms with Crippen LogP contribution in [0.3, 0.4) is 0 Å². The summed E-state index contributed by atoms with van der Waals surface area (Å²) >= 11 is 0. The molecular weight excluding hydrogens is 260 g/mol. The highest BCUT2D eigenvalue weighted by Gasteiger charge is 2.58. The summed E-state index contributed by atoms with van der Waals surface area (Å²) in [6.45, 7) is 4.76. The van der Waals surface area contributed by atoms with Crippen molar-refractivity contribution in [2.24, 2.45) is 28.6 Å². The zero-order chi connectivity index (χ0) is 14.8. The van der Waals surface area contributed by atoms with Crippen molar-refractivity contribution < 1.29 is 9.90 Å². The molecule has 1 N–H and O–H groups in total. The summed E-state index contributed by atoms with van der Waals surface area (Å²) in [6, 6.07) is 0. The number of aliphatic hydroxyl groups excluding tert-OH is 1. The van der Waals surface area contributed by atoms with Gasteiger partial charge in [0.15, 0.2) is 5.78 Å². The quantitative estimate of drug-likeness (QED) is 0.734. The fourth-order valence-electron chi connectivity index (χ4n) is 6.53. The van der Waals surface area contributed by atoms with E-state index < -0.39 is 0 Å². The van der Waals surface area contributed by atoms with Gasteiger partial charge in [0.2, 0.25) is 0 Å². The Morgan fingerprint density at radius 3 is 2.67 bits per heavy atom. The highest BCUT2D eigenvalue weighted by molar-refractivity contribution is 5.91. The number of ketones is 1. The van der Waals surface area contributed by atoms with Gasteiger partial charge in [-0.25, -0.2) is 0 Å². The molecule has 0 aromatic rings. The van der Waals surface area contributed by atoms with Crippen molar-refractivity contribution in [2.45, 2.75) is 71.3 Å². The summed E-state index contributed by atoms with van der Waals surface area (Å²) in [4.78, 5) is 11.8. The lowest BCUT2D eigenvalue weighted by Crippen LogP contribution is -2.51. The third-order valence-electron chi connectivity index (χ3n) is 7.91. The maximum atomic E-state index is 11.8. The van der Waals surface area contributed by atoms with E-state index >= 15 is 0 Å². The highest BCUT2D eigenvalue weighted by atomic mass is 16.3. The van der Waals surface area contributed by atoms with Gasteiger partial charge >= 0.3 is 0 Å². The molecule has 2 heteroatoms. The number of rotatable bonds is 0. The first-order valence-electron chi connectivity index (χ1n) is 8.87. The summed E-state index contributed by atoms with van der Waals surface area (Å²) in [5.74, 6) is 2.57. The smallest absolute Gasteiger partial charge is 0.155 e. The third-order valence-corrected chi connectivity index (χ3v) is 7.91. The molecule has 21 heavy (non-hydrogen) atoms. The molecule has 3 saturated carbocycles. The predicted molar refractivity (Wildman–Crippen MR) is 82.7 cm³/mol. The summed E-state index contributed by atoms with van der Waals surface area (Å²) in [7, 11) is 0. The molecule has 4 aliphatic carbocycles. The van der Waals surface area contributed by atoms with E-state index in [1.165, 1.54) is 31.3 Å². The van der Waals surface area contributed by atoms with Gasteiger partial charge in [-0.05, 0) is 79.6 Å². The summed E-state index contributed by atoms with van der Waals surface area (Å²) in [5.41, 5.74) is 1.89. The number of aliphatic hydroxyl groups is 1. The molecule has 0 radical (unpaired) electrons. The third kappa shape index (κ3) is 1.78. The molecule has 0 heterocycles. The Labute approximate surface area is 128 Å². The minimum absolute atomic E-state index is 0.0823. The Hall–Kier alpha value is -0.630. The number of fused-ring (bicyclic) bond motifs is 5. The van der Waals surface area contributed by atoms with E-state index in [-0.39, 0.29) is 16.9 Å². The summed E-state index contributed by atoms with van der Waals surface area (Å²) in [5, 5.41) is 10.4. The molecular formula is C19H28O2. The first-order valence-corrected chi connectivity index (χ1v) is 8.87. The van der Waals surface area contributed by atoms with Crippen molar-refractivity contribution in [3.8, 4) is 0 Å². The van der Waals surface area contributed by atoms with Crippen LogP contribution >= 0.6 is 0 Å². The van der Waals surface area contributed by atoms with Crippen LogP contribution in [-0.4, -0.2) is 17.0 Å². The van der Waals surface area contributed by atoms with Gasteiger partial charge in [-0.2, -0.15) is 0 Å². The van der Waals surface area contributed by atoms with Crippen LogP contribution in [0.4, 0.5) is 0 Å². The standard InChI is InChI=1S/C19H28O2/c1-18-9-7-13(20)11-12(18)3-4-14-15-5-6-17(21)19(15,2)10-8-16(14)18/h11,14-17,21H,3-10H2,1-2H3/t14-,15-,16?,17-,18-,19-/m0/s1. The second kappa shape index (κ2) is 4.44. The van der Waals surface area contributed by atoms with Crippen LogP contribution in [0, 0.1) is 28.6 Å². The molecule has 4 rings (SSSR count). The SMILES string of the molecule is C[C@]12CCC3[C@@H](CCC4=CC(=O)CC[C@@]43C)[C@@H]1CC[C@@H]2O. The van der Waals surface area contributed by atoms with Gasteiger partial charge in [-0.3, -0.25) is 4.79 Å². The predicted octanol–water partition coefficient (Wildman–Crippen LogP) is 3.88. The molecule has 6 atom stereocenters. The summed E-state index contributed by atoms with van der Waals surface area (Å²) < 4.78 is 0. The van der Waals surface area contributed by atoms with E-state index in [4.69, 9.17) is 0 Å². The van der Waals surface area contributed by atoms with E-state index in [9.17, 15) is 9.90 Å². The van der Waals surface area contributed by atoms with Crippen LogP contribution in [0.15, 0.2) is 11.6 Å². The van der Waals surface area contributed by atoms with Gasteiger partial charge in [0.1, 0.15) is 0 Å². The molecule has 0 saturated heterocycles. The molecule has 0 amide bonds. The Morgan fingerprint density at radius 1 is 1.05 bits per heavy atom. The van der Waals surface area contributed by atoms with E-state index in [1.807, 2.05) is 6.08 Å². The largest absolute Gasteiger partial charge is 0.393 e. The minimum atomic E-state index is -0.0823. The summed E-state index contributed by atoms with van der Waals surface area (Å²) in [6.07, 6.45) is 10.7. The zero-order valence-corrected chi connectivity index (χ0v) is 13.4. The zero-order valence-electron chi connectivity index (χ0n) is 13.4. The van der Waals surface area contributed by atoms with Crippen LogP contribution < -0.4 is 0 Å². The van der Waals surface area contributed by atoms with Crippen LogP contribution in [0.25, 0.3) is 0 Å². The minimum Gasteiger partial charge on any atom is -0.393 e. The number of carbonyl (C=O) groups is 1. The lowest BCUT2D eigenvalue weighted by Gasteiger charge is -2.57. The van der Waals surface area contributed by atoms with Crippen molar-refractivity contribution >= 4 is 5.78 Å². The normalized spacial score (nSPS) is 52.7. The second-order valence-corrected chi connectivity index (χ2v) is 8.61. The first kappa shape index (κ1) is 14.0. The maximum Gasteiger partial charge on any atom is 0.155 e. The monoisotopic (exact) mass is 288 g/mol. The number of allylic oxidation sites excluding steroid dienone is 1. The van der Waals surface area contributed by atoms with E-state index in [0.29, 0.717) is 11.7 Å². The van der Waals surface area contributed by atoms with E-state index in [0.717, 1.165) is 37.5 Å². The van der Waals surface area contributed by atoms with Gasteiger partial charge in [0.25, 0.3) is 0 Å². The molecule has 2 nitrogen and oxygen atoms in total. The van der Waals surface area contributed by atoms with Crippen LogP contribution in [0.1, 0.15) is 65.2 Å². The average molecular weight is 288 g/mol. The van der Waals surface area contributed by atoms with Gasteiger partial charge < -0.3 is 5.11 Å². The molecule has 0 aliphatic heterocycles. The van der Waals surface area contributed by atoms with Crippen molar-refractivity contribution in [3.63, 3.8) is 0 Å². The van der Waals surface area contributed by atoms with Crippen molar-refractivity contribution in [1.82, 2.24) is 0 Å². The molecule has 3 fully saturated rings. The van der Waals surface area contributed by atoms with E-state index in [2.05, 4.69) is 13.8 Å². The lowest BCUT2D eigenvalue weighted by atomic mass is 9.47. The second-order valence-electron chi connectivity index (χ2n) is 8.61. The Bertz CT molecular complexity index is 508. The van der Waals surface area contributed by atoms with Gasteiger partial charge in [-0.1, -0.05) is 19.4 Å². The molecule has 0 bridgehead atoms. The van der Waals surface area contributed by atoms with Crippen LogP contribution in [0.2, 0.25) is 0 Å². The Kier molecular flexibility index (Phi) is 2.96. The lowest BCUT2D eigenvalue weighted by molar-refractivity contribution is -0.118. The highest BCUT2D eigenvalue weighted by Crippen LogP contribution is 2.65. The Morgan fingerprint density at radius 2 is 1.86 bits per heavy atom. The number of hydrogen-bond acceptors (Lipinski definition) is 2. The molecule has 0 aromatic carbocycles. The molecule has 0 aromatic heterocycles. The molecule has 116 valence electrons. The average Bonchev–Trinajstić information content (AvgIpc) is 2.76. The topological polar surface area (TPSA) is 37.3 Å². The van der Waals surface area contributed by atoms with Crippen LogP contribution in [-0.2, 0) is 4.79 Å². The van der Waals surface area contributed by atoms with E-state index in [1.54, 1.807) is 0 Å². The Balaban J connectivity index is 1.69. The number of carbonyl (C=O) groups excluding carboxylic acids is 1. The van der Waals surface area contributed by atoms with Crippen molar-refractivity contribution in [2.75, 3.05) is 0 Å². The molecule has 1 unspecified atom stereocenters. The van der Waals surface area contributed by atoms with Gasteiger partial charge in [-0.15, -0.1) is 0 Å². The van der Waals surface area contributed by atoms with Gasteiger partial charge in [0, 0.05) is 6.42 Å². The first-order chi connectivity index (χ1) is 9.95. The fraction of sp³-hybridized carbons (Fsp3) is 0.842. The fourth-order valence-corrected chi connectivity index (χ4v) is 6.53. The van der Waals surface area contributed by atoms with Crippen molar-refractivity contribution in [3.05, 3.63) is 11.6 Å².